The first kappa shape index (κ1) is 28.8. The van der Waals surface area contributed by atoms with Crippen LogP contribution in [0.2, 0.25) is 5.02 Å². The summed E-state index contributed by atoms with van der Waals surface area (Å²) < 4.78 is 33.1. The van der Waals surface area contributed by atoms with Gasteiger partial charge in [-0.15, -0.1) is 0 Å². The van der Waals surface area contributed by atoms with Crippen LogP contribution in [0, 0.1) is 12.8 Å². The van der Waals surface area contributed by atoms with E-state index in [9.17, 15) is 22.8 Å². The summed E-state index contributed by atoms with van der Waals surface area (Å²) in [6.45, 7) is 5.41. The third-order valence-corrected chi connectivity index (χ3v) is 8.88. The number of hydrogen-bond donors (Lipinski definition) is 2. The summed E-state index contributed by atoms with van der Waals surface area (Å²) in [6.07, 6.45) is 1.000. The number of Topliss-reactive ketones (excluding diaryl/α,β-unsaturated/α-hetero) is 1. The number of nitrogens with one attached hydrogen (secondary N) is 2. The zero-order valence-electron chi connectivity index (χ0n) is 22.1. The Kier molecular flexibility index (Phi) is 8.78. The molecule has 208 valence electrons. The lowest BCUT2D eigenvalue weighted by Gasteiger charge is -2.23. The molecular weight excluding hydrogens is 542 g/mol. The van der Waals surface area contributed by atoms with Crippen molar-refractivity contribution in [3.8, 4) is 0 Å². The Morgan fingerprint density at radius 2 is 1.82 bits per heavy atom. The van der Waals surface area contributed by atoms with E-state index < -0.39 is 39.7 Å². The fourth-order valence-corrected chi connectivity index (χ4v) is 6.27. The SMILES string of the molecule is Cc1c(C(=O)N[C@@H](CC(C)C)C(=O)NC2CCCN(S(=O)(=O)c3ccc(Cl)cc3)CC2=O)oc2ccccc12. The number of ketones is 1. The molecule has 11 heteroatoms. The van der Waals surface area contributed by atoms with Gasteiger partial charge in [0, 0.05) is 22.5 Å². The summed E-state index contributed by atoms with van der Waals surface area (Å²) in [5.41, 5.74) is 1.25. The van der Waals surface area contributed by atoms with Crippen molar-refractivity contribution in [2.24, 2.45) is 5.92 Å². The number of para-hydroxylation sites is 1. The van der Waals surface area contributed by atoms with Gasteiger partial charge < -0.3 is 15.1 Å². The van der Waals surface area contributed by atoms with E-state index in [0.29, 0.717) is 29.0 Å². The summed E-state index contributed by atoms with van der Waals surface area (Å²) in [5, 5.41) is 6.75. The number of rotatable bonds is 8. The molecular formula is C28H32ClN3O6S. The van der Waals surface area contributed by atoms with Gasteiger partial charge in [-0.3, -0.25) is 14.4 Å². The van der Waals surface area contributed by atoms with Crippen molar-refractivity contribution in [3.63, 3.8) is 0 Å². The van der Waals surface area contributed by atoms with Crippen LogP contribution in [0.1, 0.15) is 49.2 Å². The van der Waals surface area contributed by atoms with Crippen molar-refractivity contribution in [2.45, 2.75) is 57.0 Å². The van der Waals surface area contributed by atoms with Crippen molar-refractivity contribution in [2.75, 3.05) is 13.1 Å². The normalized spacial score (nSPS) is 17.7. The number of amides is 2. The molecule has 3 aromatic rings. The van der Waals surface area contributed by atoms with Crippen molar-refractivity contribution in [1.29, 1.82) is 0 Å². The zero-order chi connectivity index (χ0) is 28.3. The number of fused-ring (bicyclic) bond motifs is 1. The molecule has 1 saturated heterocycles. The largest absolute Gasteiger partial charge is 0.451 e. The molecule has 2 atom stereocenters. The van der Waals surface area contributed by atoms with Crippen LogP contribution >= 0.6 is 11.6 Å². The molecule has 2 heterocycles. The molecule has 1 fully saturated rings. The van der Waals surface area contributed by atoms with Crippen LogP contribution in [0.3, 0.4) is 0 Å². The van der Waals surface area contributed by atoms with Crippen LogP contribution < -0.4 is 10.6 Å². The summed E-state index contributed by atoms with van der Waals surface area (Å²) in [4.78, 5) is 39.6. The molecule has 4 rings (SSSR count). The number of carbonyl (C=O) groups is 3. The Morgan fingerprint density at radius 1 is 1.13 bits per heavy atom. The van der Waals surface area contributed by atoms with Gasteiger partial charge in [-0.2, -0.15) is 4.31 Å². The van der Waals surface area contributed by atoms with Crippen LogP contribution in [0.5, 0.6) is 0 Å². The summed E-state index contributed by atoms with van der Waals surface area (Å²) in [7, 11) is -3.91. The smallest absolute Gasteiger partial charge is 0.287 e. The molecule has 2 aromatic carbocycles. The van der Waals surface area contributed by atoms with Gasteiger partial charge in [-0.1, -0.05) is 43.6 Å². The maximum absolute atomic E-state index is 13.3. The number of halogens is 1. The minimum atomic E-state index is -3.91. The monoisotopic (exact) mass is 573 g/mol. The van der Waals surface area contributed by atoms with E-state index in [1.807, 2.05) is 32.0 Å². The van der Waals surface area contributed by atoms with Crippen LogP contribution in [0.4, 0.5) is 0 Å². The predicted molar refractivity (Wildman–Crippen MR) is 148 cm³/mol. The van der Waals surface area contributed by atoms with Gasteiger partial charge in [0.2, 0.25) is 15.9 Å². The maximum atomic E-state index is 13.3. The van der Waals surface area contributed by atoms with Crippen LogP contribution in [-0.2, 0) is 19.6 Å². The molecule has 0 radical (unpaired) electrons. The standard InChI is InChI=1S/C28H32ClN3O6S/c1-17(2)15-23(31-28(35)26-18(3)21-7-4-5-9-25(21)38-26)27(34)30-22-8-6-14-32(16-24(22)33)39(36,37)20-12-10-19(29)11-13-20/h4-5,7,9-13,17,22-23H,6,8,14-16H2,1-3H3,(H,30,34)(H,31,35)/t22?,23-/m0/s1. The first-order chi connectivity index (χ1) is 18.5. The number of sulfonamides is 1. The van der Waals surface area contributed by atoms with Crippen LogP contribution in [0.25, 0.3) is 11.0 Å². The van der Waals surface area contributed by atoms with E-state index in [1.54, 1.807) is 13.0 Å². The molecule has 0 bridgehead atoms. The third kappa shape index (κ3) is 6.51. The van der Waals surface area contributed by atoms with Crippen LogP contribution in [0.15, 0.2) is 57.8 Å². The Morgan fingerprint density at radius 3 is 2.49 bits per heavy atom. The Hall–Kier alpha value is -3.21. The highest BCUT2D eigenvalue weighted by Gasteiger charge is 2.34. The van der Waals surface area contributed by atoms with E-state index in [4.69, 9.17) is 16.0 Å². The molecule has 1 aromatic heterocycles. The molecule has 0 aliphatic carbocycles. The molecule has 1 aliphatic heterocycles. The number of aryl methyl sites for hydroxylation is 1. The van der Waals surface area contributed by atoms with E-state index in [1.165, 1.54) is 24.3 Å². The molecule has 1 unspecified atom stereocenters. The van der Waals surface area contributed by atoms with Gasteiger partial charge in [-0.05, 0) is 62.4 Å². The zero-order valence-corrected chi connectivity index (χ0v) is 23.6. The number of furan rings is 1. The minimum Gasteiger partial charge on any atom is -0.451 e. The molecule has 9 nitrogen and oxygen atoms in total. The minimum absolute atomic E-state index is 0.0442. The van der Waals surface area contributed by atoms with Crippen molar-refractivity contribution in [1.82, 2.24) is 14.9 Å². The van der Waals surface area contributed by atoms with Crippen molar-refractivity contribution < 1.29 is 27.2 Å². The first-order valence-electron chi connectivity index (χ1n) is 12.8. The first-order valence-corrected chi connectivity index (χ1v) is 14.7. The average Bonchev–Trinajstić information content (AvgIpc) is 3.11. The number of nitrogens with zero attached hydrogens (tertiary/aromatic N) is 1. The number of carbonyl (C=O) groups excluding carboxylic acids is 3. The van der Waals surface area contributed by atoms with Gasteiger partial charge in [-0.25, -0.2) is 8.42 Å². The Bertz CT molecular complexity index is 1480. The van der Waals surface area contributed by atoms with E-state index in [2.05, 4.69) is 10.6 Å². The predicted octanol–water partition coefficient (Wildman–Crippen LogP) is 4.08. The molecule has 0 saturated carbocycles. The number of hydrogen-bond acceptors (Lipinski definition) is 6. The average molecular weight is 574 g/mol. The maximum Gasteiger partial charge on any atom is 0.287 e. The second-order valence-electron chi connectivity index (χ2n) is 10.2. The second-order valence-corrected chi connectivity index (χ2v) is 12.5. The van der Waals surface area contributed by atoms with Gasteiger partial charge in [0.25, 0.3) is 5.91 Å². The topological polar surface area (TPSA) is 126 Å². The highest BCUT2D eigenvalue weighted by molar-refractivity contribution is 7.89. The second kappa shape index (κ2) is 11.9. The molecule has 2 N–H and O–H groups in total. The van der Waals surface area contributed by atoms with Gasteiger partial charge >= 0.3 is 0 Å². The quantitative estimate of drug-likeness (QED) is 0.418. The summed E-state index contributed by atoms with van der Waals surface area (Å²) in [5.74, 6) is -1.23. The molecule has 1 aliphatic rings. The van der Waals surface area contributed by atoms with Crippen molar-refractivity contribution >= 4 is 50.2 Å². The Labute approximate surface area is 232 Å². The highest BCUT2D eigenvalue weighted by atomic mass is 35.5. The van der Waals surface area contributed by atoms with E-state index >= 15 is 0 Å². The Balaban J connectivity index is 1.46. The third-order valence-electron chi connectivity index (χ3n) is 6.77. The summed E-state index contributed by atoms with van der Waals surface area (Å²) >= 11 is 5.88. The van der Waals surface area contributed by atoms with Gasteiger partial charge in [0.05, 0.1) is 17.5 Å². The summed E-state index contributed by atoms with van der Waals surface area (Å²) in [6, 6.07) is 11.3. The lowest BCUT2D eigenvalue weighted by atomic mass is 10.0. The van der Waals surface area contributed by atoms with Crippen LogP contribution in [-0.4, -0.2) is 55.5 Å². The lowest BCUT2D eigenvalue weighted by Crippen LogP contribution is -2.52. The highest BCUT2D eigenvalue weighted by Crippen LogP contribution is 2.25. The fourth-order valence-electron chi connectivity index (χ4n) is 4.70. The lowest BCUT2D eigenvalue weighted by molar-refractivity contribution is -0.129. The van der Waals surface area contributed by atoms with Crippen molar-refractivity contribution in [3.05, 3.63) is 64.9 Å². The van der Waals surface area contributed by atoms with Gasteiger partial charge in [0.15, 0.2) is 11.5 Å². The fraction of sp³-hybridized carbons (Fsp3) is 0.393. The molecule has 39 heavy (non-hydrogen) atoms. The van der Waals surface area contributed by atoms with E-state index in [0.717, 1.165) is 9.69 Å². The molecule has 0 spiro atoms. The van der Waals surface area contributed by atoms with Gasteiger partial charge in [0.1, 0.15) is 11.6 Å². The molecule has 2 amide bonds. The number of benzene rings is 2. The van der Waals surface area contributed by atoms with E-state index in [-0.39, 0.29) is 36.1 Å².